The van der Waals surface area contributed by atoms with Crippen LogP contribution < -0.4 is 5.43 Å². The number of hydrogen-bond donors (Lipinski definition) is 2. The van der Waals surface area contributed by atoms with E-state index in [1.165, 1.54) is 6.21 Å². The second-order valence-corrected chi connectivity index (χ2v) is 4.61. The van der Waals surface area contributed by atoms with Crippen LogP contribution in [0.25, 0.3) is 10.9 Å². The maximum atomic E-state index is 6.92. The van der Waals surface area contributed by atoms with Gasteiger partial charge >= 0.3 is 0 Å². The fourth-order valence-electron chi connectivity index (χ4n) is 2.46. The van der Waals surface area contributed by atoms with Crippen molar-refractivity contribution in [2.24, 2.45) is 5.10 Å². The normalized spacial score (nSPS) is 17.3. The van der Waals surface area contributed by atoms with Gasteiger partial charge < -0.3 is 20.3 Å². The van der Waals surface area contributed by atoms with Gasteiger partial charge in [-0.25, -0.2) is 0 Å². The molecule has 2 heterocycles. The number of hydrazone groups is 1. The third kappa shape index (κ3) is 2.63. The second-order valence-electron chi connectivity index (χ2n) is 4.61. The minimum Gasteiger partial charge on any atom is -0.342 e. The summed E-state index contributed by atoms with van der Waals surface area (Å²) < 4.78 is 11.7. The Morgan fingerprint density at radius 3 is 2.90 bits per heavy atom. The van der Waals surface area contributed by atoms with Crippen molar-refractivity contribution >= 4 is 23.3 Å². The highest BCUT2D eigenvalue weighted by atomic mass is 16.7. The van der Waals surface area contributed by atoms with Gasteiger partial charge in [0.25, 0.3) is 0 Å². The van der Waals surface area contributed by atoms with E-state index in [4.69, 9.17) is 14.9 Å². The summed E-state index contributed by atoms with van der Waals surface area (Å²) in [6, 6.07) is 9.85. The molecule has 6 nitrogen and oxygen atoms in total. The number of rotatable bonds is 5. The number of aromatic nitrogens is 1. The zero-order valence-electron chi connectivity index (χ0n) is 11.5. The molecule has 1 aliphatic rings. The summed E-state index contributed by atoms with van der Waals surface area (Å²) in [4.78, 5) is 4.45. The number of hydrogen-bond acceptors (Lipinski definition) is 6. The Morgan fingerprint density at radius 1 is 1.29 bits per heavy atom. The topological polar surface area (TPSA) is 79.6 Å². The molecule has 0 saturated carbocycles. The van der Waals surface area contributed by atoms with E-state index in [0.29, 0.717) is 19.8 Å². The first-order valence-corrected chi connectivity index (χ1v) is 6.73. The molecule has 1 aromatic carbocycles. The predicted octanol–water partition coefficient (Wildman–Crippen LogP) is 1.66. The third-order valence-corrected chi connectivity index (χ3v) is 3.35. The number of benzene rings is 1. The molecule has 0 atom stereocenters. The maximum absolute atomic E-state index is 6.92. The molecule has 1 saturated heterocycles. The first-order chi connectivity index (χ1) is 10.4. The molecular formula is C15H16N4O2. The summed E-state index contributed by atoms with van der Waals surface area (Å²) in [6.07, 6.45) is 4.23. The SMILES string of the molecule is N=C/C=N\NCC1(c2cccc3cccnc23)OCCO1. The molecule has 0 bridgehead atoms. The summed E-state index contributed by atoms with van der Waals surface area (Å²) in [5.41, 5.74) is 4.62. The lowest BCUT2D eigenvalue weighted by Gasteiger charge is -2.28. The Balaban J connectivity index is 1.99. The molecule has 0 radical (unpaired) electrons. The van der Waals surface area contributed by atoms with E-state index in [-0.39, 0.29) is 0 Å². The van der Waals surface area contributed by atoms with Gasteiger partial charge in [0.15, 0.2) is 0 Å². The van der Waals surface area contributed by atoms with Crippen molar-refractivity contribution in [2.45, 2.75) is 5.79 Å². The van der Waals surface area contributed by atoms with Crippen LogP contribution in [0.1, 0.15) is 5.56 Å². The molecule has 0 amide bonds. The van der Waals surface area contributed by atoms with Crippen molar-refractivity contribution in [3.63, 3.8) is 0 Å². The van der Waals surface area contributed by atoms with Crippen molar-refractivity contribution in [1.29, 1.82) is 5.41 Å². The van der Waals surface area contributed by atoms with Crippen molar-refractivity contribution in [3.8, 4) is 0 Å². The number of fused-ring (bicyclic) bond motifs is 1. The van der Waals surface area contributed by atoms with E-state index in [2.05, 4.69) is 15.5 Å². The van der Waals surface area contributed by atoms with Gasteiger partial charge in [-0.15, -0.1) is 0 Å². The number of para-hydroxylation sites is 1. The highest BCUT2D eigenvalue weighted by Gasteiger charge is 2.40. The Morgan fingerprint density at radius 2 is 2.10 bits per heavy atom. The van der Waals surface area contributed by atoms with E-state index in [1.54, 1.807) is 6.20 Å². The Bertz CT molecular complexity index is 660. The Labute approximate surface area is 122 Å². The molecule has 108 valence electrons. The van der Waals surface area contributed by atoms with Crippen LogP contribution in [0.3, 0.4) is 0 Å². The quantitative estimate of drug-likeness (QED) is 0.646. The lowest BCUT2D eigenvalue weighted by atomic mass is 10.0. The molecule has 1 aliphatic heterocycles. The zero-order valence-corrected chi connectivity index (χ0v) is 11.5. The van der Waals surface area contributed by atoms with Crippen molar-refractivity contribution in [1.82, 2.24) is 10.4 Å². The van der Waals surface area contributed by atoms with E-state index < -0.39 is 5.79 Å². The first-order valence-electron chi connectivity index (χ1n) is 6.73. The summed E-state index contributed by atoms with van der Waals surface area (Å²) in [6.45, 7) is 1.41. The minimum absolute atomic E-state index is 0.354. The maximum Gasteiger partial charge on any atom is 0.216 e. The van der Waals surface area contributed by atoms with Crippen molar-refractivity contribution in [2.75, 3.05) is 19.8 Å². The first kappa shape index (κ1) is 13.7. The summed E-state index contributed by atoms with van der Waals surface area (Å²) in [5, 5.41) is 11.9. The van der Waals surface area contributed by atoms with Crippen molar-refractivity contribution < 1.29 is 9.47 Å². The number of nitrogens with zero attached hydrogens (tertiary/aromatic N) is 2. The molecule has 0 spiro atoms. The lowest BCUT2D eigenvalue weighted by Crippen LogP contribution is -2.37. The van der Waals surface area contributed by atoms with Crippen LogP contribution >= 0.6 is 0 Å². The molecule has 21 heavy (non-hydrogen) atoms. The number of ether oxygens (including phenoxy) is 2. The molecule has 6 heteroatoms. The van der Waals surface area contributed by atoms with E-state index in [0.717, 1.165) is 22.7 Å². The van der Waals surface area contributed by atoms with Crippen LogP contribution in [-0.4, -0.2) is 37.2 Å². The van der Waals surface area contributed by atoms with Gasteiger partial charge in [0.05, 0.1) is 31.5 Å². The van der Waals surface area contributed by atoms with Crippen LogP contribution in [0.5, 0.6) is 0 Å². The standard InChI is InChI=1S/C15H16N4O2/c16-6-8-18-19-11-15(20-9-10-21-15)13-5-1-3-12-4-2-7-17-14(12)13/h1-8,16,19H,9-11H2/b16-6?,18-8-. The molecule has 1 aromatic heterocycles. The van der Waals surface area contributed by atoms with Crippen LogP contribution in [-0.2, 0) is 15.3 Å². The highest BCUT2D eigenvalue weighted by Crippen LogP contribution is 2.34. The second kappa shape index (κ2) is 5.99. The van der Waals surface area contributed by atoms with Gasteiger partial charge in [-0.3, -0.25) is 4.98 Å². The number of pyridine rings is 1. The molecule has 3 rings (SSSR count). The van der Waals surface area contributed by atoms with Crippen LogP contribution in [0, 0.1) is 5.41 Å². The van der Waals surface area contributed by atoms with Gasteiger partial charge in [0.1, 0.15) is 0 Å². The zero-order chi connectivity index (χ0) is 14.5. The van der Waals surface area contributed by atoms with Crippen LogP contribution in [0.2, 0.25) is 0 Å². The summed E-state index contributed by atoms with van der Waals surface area (Å²) in [7, 11) is 0. The highest BCUT2D eigenvalue weighted by molar-refractivity contribution is 6.14. The lowest BCUT2D eigenvalue weighted by molar-refractivity contribution is -0.160. The van der Waals surface area contributed by atoms with Gasteiger partial charge in [-0.05, 0) is 6.07 Å². The van der Waals surface area contributed by atoms with Gasteiger partial charge in [-0.1, -0.05) is 24.3 Å². The van der Waals surface area contributed by atoms with Crippen LogP contribution in [0.15, 0.2) is 41.6 Å². The molecular weight excluding hydrogens is 268 g/mol. The van der Waals surface area contributed by atoms with Gasteiger partial charge in [0.2, 0.25) is 5.79 Å². The third-order valence-electron chi connectivity index (χ3n) is 3.35. The van der Waals surface area contributed by atoms with E-state index in [1.807, 2.05) is 30.3 Å². The fourth-order valence-corrected chi connectivity index (χ4v) is 2.46. The average molecular weight is 284 g/mol. The Kier molecular flexibility index (Phi) is 3.89. The molecule has 0 unspecified atom stereocenters. The monoisotopic (exact) mass is 284 g/mol. The van der Waals surface area contributed by atoms with E-state index >= 15 is 0 Å². The summed E-state index contributed by atoms with van der Waals surface area (Å²) in [5.74, 6) is -0.896. The largest absolute Gasteiger partial charge is 0.342 e. The minimum atomic E-state index is -0.896. The van der Waals surface area contributed by atoms with Crippen molar-refractivity contribution in [3.05, 3.63) is 42.1 Å². The predicted molar refractivity (Wildman–Crippen MR) is 80.6 cm³/mol. The van der Waals surface area contributed by atoms with E-state index in [9.17, 15) is 0 Å². The molecule has 1 fully saturated rings. The molecule has 2 aromatic rings. The Hall–Kier alpha value is -2.31. The van der Waals surface area contributed by atoms with Crippen LogP contribution in [0.4, 0.5) is 0 Å². The molecule has 2 N–H and O–H groups in total. The average Bonchev–Trinajstić information content (AvgIpc) is 3.01. The van der Waals surface area contributed by atoms with Gasteiger partial charge in [0, 0.05) is 23.4 Å². The molecule has 0 aliphatic carbocycles. The summed E-state index contributed by atoms with van der Waals surface area (Å²) >= 11 is 0. The van der Waals surface area contributed by atoms with Gasteiger partial charge in [-0.2, -0.15) is 5.10 Å². The fraction of sp³-hybridized carbons (Fsp3) is 0.267. The number of nitrogens with one attached hydrogen (secondary N) is 2. The smallest absolute Gasteiger partial charge is 0.216 e.